The van der Waals surface area contributed by atoms with Crippen LogP contribution in [0, 0.1) is 0 Å². The number of esters is 1. The van der Waals surface area contributed by atoms with E-state index in [1.54, 1.807) is 4.90 Å². The molecular formula is C15H28N2O3+2. The van der Waals surface area contributed by atoms with E-state index >= 15 is 0 Å². The highest BCUT2D eigenvalue weighted by Gasteiger charge is 2.43. The Morgan fingerprint density at radius 2 is 1.85 bits per heavy atom. The first kappa shape index (κ1) is 14.3. The molecule has 3 aliphatic rings. The largest absolute Gasteiger partial charge is 0.462 e. The first-order valence-corrected chi connectivity index (χ1v) is 8.16. The minimum absolute atomic E-state index is 0.00736. The smallest absolute Gasteiger partial charge is 0.311 e. The van der Waals surface area contributed by atoms with E-state index in [1.165, 1.54) is 17.7 Å². The van der Waals surface area contributed by atoms with Gasteiger partial charge in [-0.25, -0.2) is 0 Å². The Morgan fingerprint density at radius 1 is 1.20 bits per heavy atom. The Labute approximate surface area is 121 Å². The summed E-state index contributed by atoms with van der Waals surface area (Å²) in [7, 11) is 2.29. The summed E-state index contributed by atoms with van der Waals surface area (Å²) in [6.07, 6.45) is 5.49. The zero-order valence-electron chi connectivity index (χ0n) is 12.5. The lowest BCUT2D eigenvalue weighted by molar-refractivity contribution is -0.923. The number of hydrogen-bond acceptors (Lipinski definition) is 3. The summed E-state index contributed by atoms with van der Waals surface area (Å²) < 4.78 is 11.0. The van der Waals surface area contributed by atoms with Crippen molar-refractivity contribution in [1.29, 1.82) is 0 Å². The molecule has 0 spiro atoms. The molecule has 0 aliphatic carbocycles. The second kappa shape index (κ2) is 6.41. The molecule has 5 nitrogen and oxygen atoms in total. The number of ether oxygens (including phenoxy) is 2. The Balaban J connectivity index is 1.38. The zero-order chi connectivity index (χ0) is 13.9. The van der Waals surface area contributed by atoms with Gasteiger partial charge in [0.15, 0.2) is 0 Å². The van der Waals surface area contributed by atoms with Gasteiger partial charge in [0.1, 0.15) is 19.2 Å². The highest BCUT2D eigenvalue weighted by molar-refractivity contribution is 5.69. The van der Waals surface area contributed by atoms with E-state index in [-0.39, 0.29) is 12.1 Å². The second-order valence-electron chi connectivity index (χ2n) is 6.66. The van der Waals surface area contributed by atoms with Gasteiger partial charge in [0.2, 0.25) is 0 Å². The highest BCUT2D eigenvalue weighted by Crippen LogP contribution is 2.24. The van der Waals surface area contributed by atoms with E-state index in [1.807, 2.05) is 0 Å². The third kappa shape index (κ3) is 3.32. The molecule has 3 rings (SSSR count). The molecule has 0 saturated carbocycles. The summed E-state index contributed by atoms with van der Waals surface area (Å²) >= 11 is 0. The Bertz CT molecular complexity index is 330. The highest BCUT2D eigenvalue weighted by atomic mass is 16.5. The molecule has 0 aromatic rings. The number of quaternary nitrogens is 2. The molecule has 2 bridgehead atoms. The lowest BCUT2D eigenvalue weighted by Gasteiger charge is -2.33. The summed E-state index contributed by atoms with van der Waals surface area (Å²) in [6, 6.07) is 1.44. The number of fused-ring (bicyclic) bond motifs is 2. The van der Waals surface area contributed by atoms with E-state index in [4.69, 9.17) is 9.47 Å². The molecule has 0 radical (unpaired) electrons. The number of piperidine rings is 1. The fourth-order valence-electron chi connectivity index (χ4n) is 4.06. The van der Waals surface area contributed by atoms with Crippen LogP contribution in [0.5, 0.6) is 0 Å². The molecule has 2 atom stereocenters. The van der Waals surface area contributed by atoms with Crippen molar-refractivity contribution < 1.29 is 24.1 Å². The first-order chi connectivity index (χ1) is 9.72. The van der Waals surface area contributed by atoms with Crippen molar-refractivity contribution in [3.05, 3.63) is 0 Å². The molecule has 5 heteroatoms. The van der Waals surface area contributed by atoms with Crippen LogP contribution >= 0.6 is 0 Å². The summed E-state index contributed by atoms with van der Waals surface area (Å²) in [5, 5.41) is 0. The fourth-order valence-corrected chi connectivity index (χ4v) is 4.06. The molecule has 2 unspecified atom stereocenters. The van der Waals surface area contributed by atoms with Gasteiger partial charge in [-0.05, 0) is 0 Å². The zero-order valence-corrected chi connectivity index (χ0v) is 12.5. The number of carbonyl (C=O) groups excluding carboxylic acids is 1. The van der Waals surface area contributed by atoms with Crippen molar-refractivity contribution in [2.24, 2.45) is 0 Å². The standard InChI is InChI=1S/C15H26N2O3/c1-16-12-2-3-13(16)11-14(10-12)20-15(18)4-5-17-6-8-19-9-7-17/h12-14H,2-11H2,1H3/p+2. The summed E-state index contributed by atoms with van der Waals surface area (Å²) in [6.45, 7) is 4.59. The van der Waals surface area contributed by atoms with Crippen molar-refractivity contribution >= 4 is 5.97 Å². The summed E-state index contributed by atoms with van der Waals surface area (Å²) in [5.41, 5.74) is 0. The Kier molecular flexibility index (Phi) is 4.58. The van der Waals surface area contributed by atoms with Gasteiger partial charge in [-0.1, -0.05) is 0 Å². The topological polar surface area (TPSA) is 44.4 Å². The van der Waals surface area contributed by atoms with Crippen LogP contribution in [0.15, 0.2) is 0 Å². The molecule has 3 heterocycles. The van der Waals surface area contributed by atoms with E-state index < -0.39 is 0 Å². The number of morpholine rings is 1. The molecule has 0 amide bonds. The van der Waals surface area contributed by atoms with Gasteiger partial charge >= 0.3 is 5.97 Å². The van der Waals surface area contributed by atoms with Crippen molar-refractivity contribution in [2.45, 2.75) is 50.3 Å². The van der Waals surface area contributed by atoms with Gasteiger partial charge < -0.3 is 19.3 Å². The number of carbonyl (C=O) groups is 1. The normalized spacial score (nSPS) is 37.9. The Morgan fingerprint density at radius 3 is 2.50 bits per heavy atom. The minimum Gasteiger partial charge on any atom is -0.462 e. The SMILES string of the molecule is C[NH+]1C2CCC1CC(OC(=O)CC[NH+]1CCOCC1)C2. The first-order valence-electron chi connectivity index (χ1n) is 8.16. The average Bonchev–Trinajstić information content (AvgIpc) is 2.68. The van der Waals surface area contributed by atoms with Crippen molar-refractivity contribution in [2.75, 3.05) is 39.9 Å². The predicted molar refractivity (Wildman–Crippen MR) is 73.8 cm³/mol. The van der Waals surface area contributed by atoms with Crippen LogP contribution in [-0.4, -0.2) is 64.1 Å². The van der Waals surface area contributed by atoms with Crippen molar-refractivity contribution in [1.82, 2.24) is 0 Å². The van der Waals surface area contributed by atoms with E-state index in [9.17, 15) is 4.79 Å². The lowest BCUT2D eigenvalue weighted by atomic mass is 10.0. The molecule has 114 valence electrons. The van der Waals surface area contributed by atoms with E-state index in [0.29, 0.717) is 6.42 Å². The van der Waals surface area contributed by atoms with Gasteiger partial charge in [-0.3, -0.25) is 4.79 Å². The van der Waals surface area contributed by atoms with Crippen LogP contribution in [0.25, 0.3) is 0 Å². The predicted octanol–water partition coefficient (Wildman–Crippen LogP) is -1.96. The maximum atomic E-state index is 12.0. The van der Waals surface area contributed by atoms with Crippen molar-refractivity contribution in [3.8, 4) is 0 Å². The number of rotatable bonds is 4. The van der Waals surface area contributed by atoms with E-state index in [2.05, 4.69) is 7.05 Å². The molecule has 3 aliphatic heterocycles. The monoisotopic (exact) mass is 284 g/mol. The van der Waals surface area contributed by atoms with Crippen molar-refractivity contribution in [3.63, 3.8) is 0 Å². The van der Waals surface area contributed by atoms with Gasteiger partial charge in [0, 0.05) is 25.7 Å². The van der Waals surface area contributed by atoms with Crippen LogP contribution in [0.1, 0.15) is 32.1 Å². The maximum Gasteiger partial charge on any atom is 0.311 e. The molecule has 2 N–H and O–H groups in total. The van der Waals surface area contributed by atoms with Gasteiger partial charge in [0.25, 0.3) is 0 Å². The van der Waals surface area contributed by atoms with Gasteiger partial charge in [0.05, 0.1) is 45.3 Å². The average molecular weight is 284 g/mol. The summed E-state index contributed by atoms with van der Waals surface area (Å²) in [5.74, 6) is 0.00736. The maximum absolute atomic E-state index is 12.0. The fraction of sp³-hybridized carbons (Fsp3) is 0.933. The number of hydrogen-bond donors (Lipinski definition) is 2. The van der Waals surface area contributed by atoms with Crippen LogP contribution in [-0.2, 0) is 14.3 Å². The molecular weight excluding hydrogens is 256 g/mol. The van der Waals surface area contributed by atoms with Crippen LogP contribution in [0.4, 0.5) is 0 Å². The van der Waals surface area contributed by atoms with E-state index in [0.717, 1.165) is 57.8 Å². The van der Waals surface area contributed by atoms with Crippen LogP contribution < -0.4 is 9.80 Å². The van der Waals surface area contributed by atoms with Gasteiger partial charge in [-0.2, -0.15) is 0 Å². The van der Waals surface area contributed by atoms with Gasteiger partial charge in [-0.15, -0.1) is 0 Å². The molecule has 0 aromatic heterocycles. The summed E-state index contributed by atoms with van der Waals surface area (Å²) in [4.78, 5) is 15.1. The third-order valence-corrected chi connectivity index (χ3v) is 5.43. The lowest BCUT2D eigenvalue weighted by Crippen LogP contribution is -3.15. The molecule has 3 saturated heterocycles. The van der Waals surface area contributed by atoms with Crippen LogP contribution in [0.3, 0.4) is 0 Å². The molecule has 20 heavy (non-hydrogen) atoms. The van der Waals surface area contributed by atoms with Crippen LogP contribution in [0.2, 0.25) is 0 Å². The third-order valence-electron chi connectivity index (χ3n) is 5.43. The number of nitrogens with one attached hydrogen (secondary N) is 2. The molecule has 0 aromatic carbocycles. The molecule has 3 fully saturated rings. The quantitative estimate of drug-likeness (QED) is 0.590. The second-order valence-corrected chi connectivity index (χ2v) is 6.66. The minimum atomic E-state index is 0.00736. The Hall–Kier alpha value is -0.650.